The highest BCUT2D eigenvalue weighted by Gasteiger charge is 2.23. The Labute approximate surface area is 172 Å². The molecule has 1 aliphatic carbocycles. The Balaban J connectivity index is 1.60. The smallest absolute Gasteiger partial charge is 0.158 e. The van der Waals surface area contributed by atoms with Gasteiger partial charge in [0, 0.05) is 34.2 Å². The van der Waals surface area contributed by atoms with E-state index < -0.39 is 0 Å². The van der Waals surface area contributed by atoms with Crippen molar-refractivity contribution in [2.24, 2.45) is 0 Å². The predicted molar refractivity (Wildman–Crippen MR) is 115 cm³/mol. The fourth-order valence-corrected chi connectivity index (χ4v) is 4.57. The number of carbonyl (C=O) groups is 1. The van der Waals surface area contributed by atoms with Crippen LogP contribution in [0.4, 0.5) is 5.00 Å². The molecule has 1 atom stereocenters. The van der Waals surface area contributed by atoms with Crippen molar-refractivity contribution < 1.29 is 4.79 Å². The molecule has 0 radical (unpaired) electrons. The average molecular weight is 405 g/mol. The lowest BCUT2D eigenvalue weighted by molar-refractivity contribution is -0.115. The number of hydrogen-bond acceptors (Lipinski definition) is 4. The van der Waals surface area contributed by atoms with Gasteiger partial charge in [-0.05, 0) is 35.6 Å². The quantitative estimate of drug-likeness (QED) is 0.548. The maximum Gasteiger partial charge on any atom is 0.158 e. The van der Waals surface area contributed by atoms with Gasteiger partial charge in [-0.3, -0.25) is 4.79 Å². The van der Waals surface area contributed by atoms with Crippen LogP contribution in [0, 0.1) is 11.3 Å². The number of thiophene rings is 1. The molecule has 1 aromatic heterocycles. The molecule has 1 N–H and O–H groups in total. The van der Waals surface area contributed by atoms with Gasteiger partial charge in [-0.15, -0.1) is 11.3 Å². The molecule has 138 valence electrons. The van der Waals surface area contributed by atoms with Crippen molar-refractivity contribution in [3.63, 3.8) is 0 Å². The van der Waals surface area contributed by atoms with Crippen molar-refractivity contribution in [3.8, 4) is 17.2 Å². The van der Waals surface area contributed by atoms with Gasteiger partial charge in [-0.25, -0.2) is 0 Å². The number of halogens is 1. The molecule has 5 heteroatoms. The molecular weight excluding hydrogens is 388 g/mol. The number of allylic oxidation sites excluding steroid dienone is 2. The van der Waals surface area contributed by atoms with Gasteiger partial charge in [0.15, 0.2) is 5.78 Å². The zero-order chi connectivity index (χ0) is 19.5. The van der Waals surface area contributed by atoms with Gasteiger partial charge in [-0.1, -0.05) is 54.1 Å². The van der Waals surface area contributed by atoms with Crippen molar-refractivity contribution in [1.82, 2.24) is 0 Å². The summed E-state index contributed by atoms with van der Waals surface area (Å²) in [6.45, 7) is 0. The van der Waals surface area contributed by atoms with Crippen molar-refractivity contribution in [3.05, 3.63) is 87.9 Å². The van der Waals surface area contributed by atoms with Gasteiger partial charge in [0.1, 0.15) is 11.1 Å². The van der Waals surface area contributed by atoms with E-state index in [2.05, 4.69) is 23.5 Å². The SMILES string of the molecule is N#Cc1c(-c2ccc(Cl)cc2)csc1NC1=CC(=O)CC(c2ccccc2)C1. The average Bonchev–Trinajstić information content (AvgIpc) is 3.11. The summed E-state index contributed by atoms with van der Waals surface area (Å²) in [7, 11) is 0. The number of nitrogens with zero attached hydrogens (tertiary/aromatic N) is 1. The van der Waals surface area contributed by atoms with Gasteiger partial charge < -0.3 is 5.32 Å². The topological polar surface area (TPSA) is 52.9 Å². The molecule has 0 bridgehead atoms. The molecule has 0 saturated carbocycles. The van der Waals surface area contributed by atoms with Crippen molar-refractivity contribution in [2.45, 2.75) is 18.8 Å². The lowest BCUT2D eigenvalue weighted by atomic mass is 9.85. The summed E-state index contributed by atoms with van der Waals surface area (Å²) >= 11 is 7.44. The van der Waals surface area contributed by atoms with E-state index in [9.17, 15) is 10.1 Å². The summed E-state index contributed by atoms with van der Waals surface area (Å²) in [6.07, 6.45) is 2.93. The van der Waals surface area contributed by atoms with Gasteiger partial charge in [0.2, 0.25) is 0 Å². The Morgan fingerprint density at radius 2 is 1.82 bits per heavy atom. The zero-order valence-corrected chi connectivity index (χ0v) is 16.6. The number of hydrogen-bond donors (Lipinski definition) is 1. The van der Waals surface area contributed by atoms with Crippen LogP contribution in [0.2, 0.25) is 5.02 Å². The van der Waals surface area contributed by atoms with Crippen LogP contribution < -0.4 is 5.32 Å². The third-order valence-electron chi connectivity index (χ3n) is 4.85. The number of ketones is 1. The van der Waals surface area contributed by atoms with E-state index in [0.717, 1.165) is 33.8 Å². The molecule has 1 heterocycles. The summed E-state index contributed by atoms with van der Waals surface area (Å²) in [6, 6.07) is 19.8. The van der Waals surface area contributed by atoms with E-state index in [1.165, 1.54) is 11.3 Å². The molecule has 0 saturated heterocycles. The van der Waals surface area contributed by atoms with Crippen molar-refractivity contribution in [2.75, 3.05) is 5.32 Å². The number of nitriles is 1. The molecule has 3 aromatic rings. The molecule has 1 aliphatic rings. The lowest BCUT2D eigenvalue weighted by Gasteiger charge is -2.23. The van der Waals surface area contributed by atoms with Crippen LogP contribution in [0.5, 0.6) is 0 Å². The molecule has 3 nitrogen and oxygen atoms in total. The molecule has 0 spiro atoms. The summed E-state index contributed by atoms with van der Waals surface area (Å²) in [4.78, 5) is 12.3. The lowest BCUT2D eigenvalue weighted by Crippen LogP contribution is -2.16. The molecule has 0 fully saturated rings. The molecular formula is C23H17ClN2OS. The Kier molecular flexibility index (Phi) is 5.29. The van der Waals surface area contributed by atoms with E-state index >= 15 is 0 Å². The van der Waals surface area contributed by atoms with E-state index in [4.69, 9.17) is 11.6 Å². The fourth-order valence-electron chi connectivity index (χ4n) is 3.49. The molecule has 2 aromatic carbocycles. The second kappa shape index (κ2) is 8.02. The minimum Gasteiger partial charge on any atom is -0.349 e. The molecule has 28 heavy (non-hydrogen) atoms. The van der Waals surface area contributed by atoms with Gasteiger partial charge >= 0.3 is 0 Å². The molecule has 0 amide bonds. The van der Waals surface area contributed by atoms with E-state index in [1.807, 2.05) is 47.8 Å². The monoisotopic (exact) mass is 404 g/mol. The number of nitrogens with one attached hydrogen (secondary N) is 1. The molecule has 1 unspecified atom stereocenters. The predicted octanol–water partition coefficient (Wildman–Crippen LogP) is 6.38. The highest BCUT2D eigenvalue weighted by molar-refractivity contribution is 7.15. The van der Waals surface area contributed by atoms with Gasteiger partial charge in [0.25, 0.3) is 0 Å². The normalized spacial score (nSPS) is 16.4. The molecule has 0 aliphatic heterocycles. The van der Waals surface area contributed by atoms with Crippen LogP contribution >= 0.6 is 22.9 Å². The summed E-state index contributed by atoms with van der Waals surface area (Å²) in [5, 5.41) is 16.4. The third kappa shape index (κ3) is 3.87. The van der Waals surface area contributed by atoms with Crippen LogP contribution in [0.3, 0.4) is 0 Å². The van der Waals surface area contributed by atoms with Crippen LogP contribution in [0.25, 0.3) is 11.1 Å². The third-order valence-corrected chi connectivity index (χ3v) is 6.00. The summed E-state index contributed by atoms with van der Waals surface area (Å²) < 4.78 is 0. The van der Waals surface area contributed by atoms with Gasteiger partial charge in [0.05, 0.1) is 5.56 Å². The maximum absolute atomic E-state index is 12.3. The minimum absolute atomic E-state index is 0.107. The minimum atomic E-state index is 0.107. The fraction of sp³-hybridized carbons (Fsp3) is 0.130. The highest BCUT2D eigenvalue weighted by atomic mass is 35.5. The summed E-state index contributed by atoms with van der Waals surface area (Å²) in [5.74, 6) is 0.262. The first-order chi connectivity index (χ1) is 13.6. The van der Waals surface area contributed by atoms with E-state index in [0.29, 0.717) is 17.0 Å². The Bertz CT molecular complexity index is 1080. The number of benzene rings is 2. The Hall–Kier alpha value is -2.87. The summed E-state index contributed by atoms with van der Waals surface area (Å²) in [5.41, 5.74) is 4.42. The number of carbonyl (C=O) groups excluding carboxylic acids is 1. The first-order valence-electron chi connectivity index (χ1n) is 8.97. The first kappa shape index (κ1) is 18.5. The van der Waals surface area contributed by atoms with E-state index in [1.54, 1.807) is 6.08 Å². The largest absolute Gasteiger partial charge is 0.349 e. The van der Waals surface area contributed by atoms with Crippen LogP contribution in [-0.4, -0.2) is 5.78 Å². The number of anilines is 1. The molecule has 4 rings (SSSR count). The van der Waals surface area contributed by atoms with Gasteiger partial charge in [-0.2, -0.15) is 5.26 Å². The highest BCUT2D eigenvalue weighted by Crippen LogP contribution is 2.38. The second-order valence-electron chi connectivity index (χ2n) is 6.75. The second-order valence-corrected chi connectivity index (χ2v) is 8.07. The van der Waals surface area contributed by atoms with Crippen LogP contribution in [-0.2, 0) is 4.79 Å². The van der Waals surface area contributed by atoms with Crippen LogP contribution in [0.15, 0.2) is 71.8 Å². The Morgan fingerprint density at radius 1 is 1.07 bits per heavy atom. The number of rotatable bonds is 4. The van der Waals surface area contributed by atoms with Crippen molar-refractivity contribution >= 4 is 33.7 Å². The first-order valence-corrected chi connectivity index (χ1v) is 10.2. The van der Waals surface area contributed by atoms with Crippen molar-refractivity contribution in [1.29, 1.82) is 5.26 Å². The Morgan fingerprint density at radius 3 is 2.54 bits per heavy atom. The zero-order valence-electron chi connectivity index (χ0n) is 15.0. The standard InChI is InChI=1S/C23H17ClN2OS/c24-18-8-6-16(7-9-18)22-14-28-23(21(22)13-25)26-19-10-17(11-20(27)12-19)15-4-2-1-3-5-15/h1-9,12,14,17,26H,10-11H2. The van der Waals surface area contributed by atoms with E-state index in [-0.39, 0.29) is 11.7 Å². The maximum atomic E-state index is 12.3. The van der Waals surface area contributed by atoms with Crippen LogP contribution in [0.1, 0.15) is 29.9 Å².